The number of amides is 1. The Labute approximate surface area is 234 Å². The van der Waals surface area contributed by atoms with Gasteiger partial charge in [0.05, 0.1) is 24.6 Å². The van der Waals surface area contributed by atoms with Crippen molar-refractivity contribution in [3.05, 3.63) is 66.0 Å². The number of aromatic nitrogens is 6. The van der Waals surface area contributed by atoms with Crippen molar-refractivity contribution in [3.8, 4) is 28.5 Å². The van der Waals surface area contributed by atoms with E-state index in [9.17, 15) is 9.18 Å². The zero-order valence-electron chi connectivity index (χ0n) is 22.5. The maximum absolute atomic E-state index is 14.6. The molecule has 4 heterocycles. The first-order valence-corrected chi connectivity index (χ1v) is 13.1. The lowest BCUT2D eigenvalue weighted by atomic mass is 9.97. The van der Waals surface area contributed by atoms with Crippen LogP contribution in [0.25, 0.3) is 33.6 Å². The topological polar surface area (TPSA) is 133 Å². The largest absolute Gasteiger partial charge is 0.488 e. The molecule has 5 aromatic rings. The molecular weight excluding hydrogens is 533 g/mol. The van der Waals surface area contributed by atoms with Gasteiger partial charge in [0.2, 0.25) is 0 Å². The highest BCUT2D eigenvalue weighted by molar-refractivity contribution is 5.95. The summed E-state index contributed by atoms with van der Waals surface area (Å²) in [6, 6.07) is 11.8. The molecular formula is C28H28FN7O5. The van der Waals surface area contributed by atoms with E-state index in [1.807, 2.05) is 16.7 Å². The van der Waals surface area contributed by atoms with Crippen LogP contribution in [-0.2, 0) is 16.0 Å². The van der Waals surface area contributed by atoms with Crippen LogP contribution in [0.3, 0.4) is 0 Å². The number of fused-ring (bicyclic) bond motifs is 1. The number of benzene rings is 2. The molecule has 0 radical (unpaired) electrons. The minimum atomic E-state index is -0.516. The van der Waals surface area contributed by atoms with E-state index in [2.05, 4.69) is 25.6 Å². The van der Waals surface area contributed by atoms with Gasteiger partial charge in [-0.25, -0.2) is 4.39 Å². The van der Waals surface area contributed by atoms with E-state index < -0.39 is 5.82 Å². The number of carbonyl (C=O) groups excluding carboxylic acids is 1. The number of hydrogen-bond donors (Lipinski definition) is 1. The maximum Gasteiger partial charge on any atom is 0.253 e. The molecule has 12 nitrogen and oxygen atoms in total. The fourth-order valence-electron chi connectivity index (χ4n) is 4.79. The predicted octanol–water partition coefficient (Wildman–Crippen LogP) is 3.53. The number of carbonyl (C=O) groups is 1. The second-order valence-corrected chi connectivity index (χ2v) is 9.68. The molecule has 0 aliphatic carbocycles. The van der Waals surface area contributed by atoms with Gasteiger partial charge >= 0.3 is 0 Å². The number of likely N-dealkylation sites (tertiary alicyclic amines) is 1. The Kier molecular flexibility index (Phi) is 7.44. The average molecular weight is 562 g/mol. The number of methoxy groups -OCH3 is 2. The molecule has 2 aromatic carbocycles. The van der Waals surface area contributed by atoms with Crippen LogP contribution in [0.5, 0.6) is 5.75 Å². The van der Waals surface area contributed by atoms with E-state index in [-0.39, 0.29) is 24.2 Å². The van der Waals surface area contributed by atoms with Crippen LogP contribution in [-0.4, -0.2) is 88.1 Å². The summed E-state index contributed by atoms with van der Waals surface area (Å²) in [7, 11) is 3.20. The minimum Gasteiger partial charge on any atom is -0.488 e. The van der Waals surface area contributed by atoms with Gasteiger partial charge in [0.15, 0.2) is 17.3 Å². The standard InChI is InChI=1S/C28H28FN7O5/c1-38-8-7-35-16-30-33-27(35)19-14-36(15-19)28(37)18-5-3-17(4-6-18)22-12-25(41-34-22)26-20-11-21(29)24(40-10-9-39-2)13-23(20)31-32-26/h3-6,11-13,16,19H,7-10,14-15H2,1-2H3,(H,31,32). The Balaban J connectivity index is 1.12. The number of hydrogen-bond acceptors (Lipinski definition) is 9. The monoisotopic (exact) mass is 561 g/mol. The van der Waals surface area contributed by atoms with Crippen molar-refractivity contribution in [1.29, 1.82) is 0 Å². The second-order valence-electron chi connectivity index (χ2n) is 9.68. The van der Waals surface area contributed by atoms with Crippen LogP contribution in [0.4, 0.5) is 4.39 Å². The summed E-state index contributed by atoms with van der Waals surface area (Å²) in [5, 5.41) is 20.1. The molecule has 0 atom stereocenters. The number of nitrogens with one attached hydrogen (secondary N) is 1. The lowest BCUT2D eigenvalue weighted by molar-refractivity contribution is 0.0589. The van der Waals surface area contributed by atoms with E-state index in [1.165, 1.54) is 6.07 Å². The zero-order valence-corrected chi connectivity index (χ0v) is 22.5. The SMILES string of the molecule is COCCOc1cc2[nH]nc(-c3cc(-c4ccc(C(=O)N5CC(c6nncn6CCOC)C5)cc4)no3)c2cc1F. The molecule has 1 aliphatic rings. The van der Waals surface area contributed by atoms with Crippen LogP contribution in [0.2, 0.25) is 0 Å². The molecule has 1 amide bonds. The molecule has 0 spiro atoms. The highest BCUT2D eigenvalue weighted by Crippen LogP contribution is 2.33. The van der Waals surface area contributed by atoms with E-state index in [4.69, 9.17) is 18.7 Å². The smallest absolute Gasteiger partial charge is 0.253 e. The highest BCUT2D eigenvalue weighted by atomic mass is 19.1. The summed E-state index contributed by atoms with van der Waals surface area (Å²) in [6.45, 7) is 2.99. The normalized spacial score (nSPS) is 13.6. The van der Waals surface area contributed by atoms with Crippen LogP contribution in [0.1, 0.15) is 22.1 Å². The zero-order chi connectivity index (χ0) is 28.3. The summed E-state index contributed by atoms with van der Waals surface area (Å²) in [5.41, 5.74) is 2.93. The number of nitrogens with zero attached hydrogens (tertiary/aromatic N) is 6. The molecule has 1 aliphatic heterocycles. The van der Waals surface area contributed by atoms with Gasteiger partial charge < -0.3 is 28.2 Å². The first kappa shape index (κ1) is 26.6. The van der Waals surface area contributed by atoms with Crippen molar-refractivity contribution in [3.63, 3.8) is 0 Å². The number of H-pyrrole nitrogens is 1. The highest BCUT2D eigenvalue weighted by Gasteiger charge is 2.35. The first-order valence-electron chi connectivity index (χ1n) is 13.1. The van der Waals surface area contributed by atoms with Gasteiger partial charge in [0.25, 0.3) is 5.91 Å². The van der Waals surface area contributed by atoms with E-state index >= 15 is 0 Å². The van der Waals surface area contributed by atoms with Gasteiger partial charge in [0, 0.05) is 62.5 Å². The average Bonchev–Trinajstić information content (AvgIpc) is 3.71. The fraction of sp³-hybridized carbons (Fsp3) is 0.321. The van der Waals surface area contributed by atoms with Crippen LogP contribution < -0.4 is 4.74 Å². The summed E-state index contributed by atoms with van der Waals surface area (Å²) in [4.78, 5) is 14.8. The number of aromatic amines is 1. The molecule has 3 aromatic heterocycles. The quantitative estimate of drug-likeness (QED) is 0.240. The fourth-order valence-corrected chi connectivity index (χ4v) is 4.79. The Morgan fingerprint density at radius 1 is 1.10 bits per heavy atom. The van der Waals surface area contributed by atoms with Crippen molar-refractivity contribution in [2.24, 2.45) is 0 Å². The van der Waals surface area contributed by atoms with Crippen molar-refractivity contribution >= 4 is 16.8 Å². The summed E-state index contributed by atoms with van der Waals surface area (Å²) in [6.07, 6.45) is 1.69. The van der Waals surface area contributed by atoms with Gasteiger partial charge in [-0.3, -0.25) is 9.89 Å². The van der Waals surface area contributed by atoms with Crippen molar-refractivity contribution in [2.75, 3.05) is 47.1 Å². The van der Waals surface area contributed by atoms with E-state index in [1.54, 1.807) is 49.7 Å². The van der Waals surface area contributed by atoms with E-state index in [0.717, 1.165) is 11.4 Å². The van der Waals surface area contributed by atoms with Crippen molar-refractivity contribution in [2.45, 2.75) is 12.5 Å². The third kappa shape index (κ3) is 5.28. The van der Waals surface area contributed by atoms with Gasteiger partial charge in [0.1, 0.15) is 30.1 Å². The number of rotatable bonds is 11. The van der Waals surface area contributed by atoms with Gasteiger partial charge in [-0.15, -0.1) is 10.2 Å². The Hall–Kier alpha value is -4.62. The van der Waals surface area contributed by atoms with Crippen LogP contribution in [0, 0.1) is 5.82 Å². The molecule has 13 heteroatoms. The van der Waals surface area contributed by atoms with Crippen LogP contribution in [0.15, 0.2) is 53.3 Å². The number of ether oxygens (including phenoxy) is 3. The van der Waals surface area contributed by atoms with Gasteiger partial charge in [-0.1, -0.05) is 17.3 Å². The summed E-state index contributed by atoms with van der Waals surface area (Å²) in [5.74, 6) is 0.935. The molecule has 41 heavy (non-hydrogen) atoms. The molecule has 0 bridgehead atoms. The molecule has 0 unspecified atom stereocenters. The summed E-state index contributed by atoms with van der Waals surface area (Å²) < 4.78 is 37.7. The maximum atomic E-state index is 14.6. The minimum absolute atomic E-state index is 0.0489. The van der Waals surface area contributed by atoms with E-state index in [0.29, 0.717) is 66.5 Å². The molecule has 212 valence electrons. The molecule has 1 fully saturated rings. The summed E-state index contributed by atoms with van der Waals surface area (Å²) >= 11 is 0. The number of halogens is 1. The predicted molar refractivity (Wildman–Crippen MR) is 145 cm³/mol. The van der Waals surface area contributed by atoms with Crippen molar-refractivity contribution in [1.82, 2.24) is 35.0 Å². The van der Waals surface area contributed by atoms with Gasteiger partial charge in [-0.2, -0.15) is 5.10 Å². The second kappa shape index (κ2) is 11.5. The molecule has 1 saturated heterocycles. The third-order valence-electron chi connectivity index (χ3n) is 7.05. The molecule has 0 saturated carbocycles. The van der Waals surface area contributed by atoms with Gasteiger partial charge in [-0.05, 0) is 18.2 Å². The Bertz CT molecular complexity index is 1660. The molecule has 1 N–H and O–H groups in total. The lowest BCUT2D eigenvalue weighted by Crippen LogP contribution is -2.49. The molecule has 6 rings (SSSR count). The lowest BCUT2D eigenvalue weighted by Gasteiger charge is -2.38. The Morgan fingerprint density at radius 2 is 1.90 bits per heavy atom. The third-order valence-corrected chi connectivity index (χ3v) is 7.05. The van der Waals surface area contributed by atoms with Crippen molar-refractivity contribution < 1.29 is 27.9 Å². The Morgan fingerprint density at radius 3 is 2.68 bits per heavy atom. The first-order chi connectivity index (χ1) is 20.1. The van der Waals surface area contributed by atoms with Crippen LogP contribution >= 0.6 is 0 Å².